The van der Waals surface area contributed by atoms with E-state index in [-0.39, 0.29) is 4.90 Å². The van der Waals surface area contributed by atoms with Crippen molar-refractivity contribution in [1.29, 1.82) is 0 Å². The molecule has 3 aromatic carbocycles. The minimum atomic E-state index is -3.71. The predicted molar refractivity (Wildman–Crippen MR) is 120 cm³/mol. The van der Waals surface area contributed by atoms with Crippen LogP contribution in [-0.2, 0) is 10.0 Å². The molecule has 4 aromatic rings. The van der Waals surface area contributed by atoms with Crippen molar-refractivity contribution in [2.24, 2.45) is 5.10 Å². The number of sulfonamides is 1. The first kappa shape index (κ1) is 17.8. The summed E-state index contributed by atoms with van der Waals surface area (Å²) in [6, 6.07) is 24.6. The van der Waals surface area contributed by atoms with Gasteiger partial charge in [-0.15, -0.1) is 11.3 Å². The van der Waals surface area contributed by atoms with Gasteiger partial charge < -0.3 is 0 Å². The highest BCUT2D eigenvalue weighted by molar-refractivity contribution is 7.89. The number of rotatable bonds is 4. The molecule has 29 heavy (non-hydrogen) atoms. The highest BCUT2D eigenvalue weighted by Gasteiger charge is 2.21. The van der Waals surface area contributed by atoms with Crippen LogP contribution >= 0.6 is 11.3 Å². The van der Waals surface area contributed by atoms with Gasteiger partial charge in [0.25, 0.3) is 10.0 Å². The molecule has 0 spiro atoms. The number of hydrogen-bond donors (Lipinski definition) is 1. The molecule has 0 aliphatic heterocycles. The summed E-state index contributed by atoms with van der Waals surface area (Å²) in [5.41, 5.74) is 3.84. The van der Waals surface area contributed by atoms with Crippen LogP contribution in [0.2, 0.25) is 0 Å². The molecule has 0 saturated heterocycles. The lowest BCUT2D eigenvalue weighted by Gasteiger charge is -2.12. The van der Waals surface area contributed by atoms with Crippen LogP contribution in [0.15, 0.2) is 94.9 Å². The van der Waals surface area contributed by atoms with Crippen LogP contribution < -0.4 is 4.83 Å². The van der Waals surface area contributed by atoms with E-state index in [1.807, 2.05) is 42.5 Å². The molecule has 0 unspecified atom stereocenters. The maximum Gasteiger partial charge on any atom is 0.276 e. The van der Waals surface area contributed by atoms with E-state index < -0.39 is 10.0 Å². The first-order chi connectivity index (χ1) is 14.1. The molecule has 1 aliphatic rings. The number of allylic oxidation sites excluding steroid dienone is 1. The van der Waals surface area contributed by atoms with Crippen LogP contribution in [0.25, 0.3) is 26.6 Å². The number of nitrogens with zero attached hydrogens (tertiary/aromatic N) is 1. The highest BCUT2D eigenvalue weighted by Crippen LogP contribution is 2.42. The van der Waals surface area contributed by atoms with E-state index in [0.29, 0.717) is 5.71 Å². The fourth-order valence-corrected chi connectivity index (χ4v) is 5.52. The molecule has 1 heterocycles. The number of hydrazone groups is 1. The highest BCUT2D eigenvalue weighted by atomic mass is 32.2. The van der Waals surface area contributed by atoms with Gasteiger partial charge in [0.05, 0.1) is 10.6 Å². The zero-order chi connectivity index (χ0) is 19.8. The molecule has 5 rings (SSSR count). The van der Waals surface area contributed by atoms with Gasteiger partial charge in [0.1, 0.15) is 0 Å². The van der Waals surface area contributed by atoms with Crippen LogP contribution in [-0.4, -0.2) is 14.1 Å². The molecule has 6 heteroatoms. The Morgan fingerprint density at radius 1 is 0.793 bits per heavy atom. The van der Waals surface area contributed by atoms with Crippen LogP contribution in [0.3, 0.4) is 0 Å². The minimum absolute atomic E-state index is 0.185. The zero-order valence-electron chi connectivity index (χ0n) is 15.2. The van der Waals surface area contributed by atoms with Crippen molar-refractivity contribution < 1.29 is 8.42 Å². The monoisotopic (exact) mass is 416 g/mol. The zero-order valence-corrected chi connectivity index (χ0v) is 16.9. The van der Waals surface area contributed by atoms with E-state index in [1.165, 1.54) is 10.4 Å². The van der Waals surface area contributed by atoms with Gasteiger partial charge in [-0.3, -0.25) is 0 Å². The van der Waals surface area contributed by atoms with E-state index in [1.54, 1.807) is 41.7 Å². The van der Waals surface area contributed by atoms with E-state index in [0.717, 1.165) is 21.2 Å². The lowest BCUT2D eigenvalue weighted by molar-refractivity contribution is 0.584. The Labute approximate surface area is 172 Å². The Balaban J connectivity index is 1.58. The van der Waals surface area contributed by atoms with Crippen molar-refractivity contribution in [3.63, 3.8) is 0 Å². The molecule has 0 bridgehead atoms. The molecule has 142 valence electrons. The second-order valence-corrected chi connectivity index (χ2v) is 9.34. The van der Waals surface area contributed by atoms with Gasteiger partial charge >= 0.3 is 0 Å². The molecule has 0 saturated carbocycles. The molecule has 0 radical (unpaired) electrons. The Hall–Kier alpha value is -3.22. The van der Waals surface area contributed by atoms with Crippen molar-refractivity contribution in [1.82, 2.24) is 4.83 Å². The molecule has 4 nitrogen and oxygen atoms in total. The SMILES string of the molecule is O=S(=O)(N/N=C1\C=Cc2c(-c3ccccc3)sc3cccc1c23)c1ccccc1. The second kappa shape index (κ2) is 6.99. The molecule has 1 aromatic heterocycles. The van der Waals surface area contributed by atoms with Gasteiger partial charge in [-0.1, -0.05) is 66.7 Å². The van der Waals surface area contributed by atoms with E-state index >= 15 is 0 Å². The third-order valence-electron chi connectivity index (χ3n) is 4.81. The number of nitrogens with one attached hydrogen (secondary N) is 1. The maximum absolute atomic E-state index is 12.5. The normalized spacial score (nSPS) is 14.4. The molecular formula is C23H16N2O2S2. The number of hydrogen-bond acceptors (Lipinski definition) is 4. The van der Waals surface area contributed by atoms with Crippen molar-refractivity contribution in [3.05, 3.63) is 96.1 Å². The van der Waals surface area contributed by atoms with E-state index in [9.17, 15) is 8.42 Å². The largest absolute Gasteiger partial charge is 0.276 e. The maximum atomic E-state index is 12.5. The summed E-state index contributed by atoms with van der Waals surface area (Å²) in [6.07, 6.45) is 3.88. The van der Waals surface area contributed by atoms with Gasteiger partial charge in [0, 0.05) is 26.1 Å². The summed E-state index contributed by atoms with van der Waals surface area (Å²) in [5, 5.41) is 5.34. The van der Waals surface area contributed by atoms with Crippen LogP contribution in [0.1, 0.15) is 11.1 Å². The minimum Gasteiger partial charge on any atom is -0.200 e. The van der Waals surface area contributed by atoms with Crippen molar-refractivity contribution >= 4 is 43.2 Å². The first-order valence-electron chi connectivity index (χ1n) is 9.07. The summed E-state index contributed by atoms with van der Waals surface area (Å²) < 4.78 is 26.2. The lowest BCUT2D eigenvalue weighted by Crippen LogP contribution is -2.20. The first-order valence-corrected chi connectivity index (χ1v) is 11.4. The van der Waals surface area contributed by atoms with Gasteiger partial charge in [-0.05, 0) is 29.8 Å². The fourth-order valence-electron chi connectivity index (χ4n) is 3.46. The summed E-state index contributed by atoms with van der Waals surface area (Å²) >= 11 is 1.73. The van der Waals surface area contributed by atoms with Crippen molar-refractivity contribution in [2.75, 3.05) is 0 Å². The molecule has 0 atom stereocenters. The average Bonchev–Trinajstić information content (AvgIpc) is 3.15. The van der Waals surface area contributed by atoms with Gasteiger partial charge in [-0.2, -0.15) is 18.4 Å². The molecule has 1 aliphatic carbocycles. The van der Waals surface area contributed by atoms with E-state index in [2.05, 4.69) is 28.1 Å². The van der Waals surface area contributed by atoms with Crippen LogP contribution in [0, 0.1) is 0 Å². The number of thiophene rings is 1. The summed E-state index contributed by atoms with van der Waals surface area (Å²) in [4.78, 5) is 3.76. The van der Waals surface area contributed by atoms with Gasteiger partial charge in [0.15, 0.2) is 0 Å². The topological polar surface area (TPSA) is 58.5 Å². The smallest absolute Gasteiger partial charge is 0.200 e. The van der Waals surface area contributed by atoms with Crippen molar-refractivity contribution in [3.8, 4) is 10.4 Å². The van der Waals surface area contributed by atoms with Crippen LogP contribution in [0.4, 0.5) is 0 Å². The lowest BCUT2D eigenvalue weighted by atomic mass is 9.94. The van der Waals surface area contributed by atoms with Gasteiger partial charge in [0.2, 0.25) is 0 Å². The average molecular weight is 417 g/mol. The number of benzene rings is 3. The van der Waals surface area contributed by atoms with Gasteiger partial charge in [-0.25, -0.2) is 0 Å². The third-order valence-corrected chi connectivity index (χ3v) is 7.26. The molecule has 0 amide bonds. The molecular weight excluding hydrogens is 400 g/mol. The Morgan fingerprint density at radius 2 is 1.52 bits per heavy atom. The Morgan fingerprint density at radius 3 is 2.28 bits per heavy atom. The molecule has 0 fully saturated rings. The summed E-state index contributed by atoms with van der Waals surface area (Å²) in [5.74, 6) is 0. The van der Waals surface area contributed by atoms with E-state index in [4.69, 9.17) is 0 Å². The fraction of sp³-hybridized carbons (Fsp3) is 0. The Bertz CT molecular complexity index is 1370. The standard InChI is InChI=1S/C23H16N2O2S2/c26-29(27,17-10-5-2-6-11-17)25-24-20-15-14-19-22-18(20)12-7-13-21(22)28-23(19)16-8-3-1-4-9-16/h1-15,25H/b24-20+. The summed E-state index contributed by atoms with van der Waals surface area (Å²) in [6.45, 7) is 0. The Kier molecular flexibility index (Phi) is 4.30. The van der Waals surface area contributed by atoms with Crippen LogP contribution in [0.5, 0.6) is 0 Å². The second-order valence-electron chi connectivity index (χ2n) is 6.63. The quantitative estimate of drug-likeness (QED) is 0.460. The summed E-state index contributed by atoms with van der Waals surface area (Å²) in [7, 11) is -3.71. The van der Waals surface area contributed by atoms with Crippen molar-refractivity contribution in [2.45, 2.75) is 4.90 Å². The predicted octanol–water partition coefficient (Wildman–Crippen LogP) is 5.28. The molecule has 1 N–H and O–H groups in total. The third kappa shape index (κ3) is 3.16.